The Kier molecular flexibility index (Phi) is 5.74. The molecule has 5 rings (SSSR count). The molecular weight excluding hydrogens is 420 g/mol. The molecule has 2 aliphatic heterocycles. The minimum atomic E-state index is -0.0938. The number of nitrogen functional groups attached to an aromatic ring is 1. The Balaban J connectivity index is 1.50. The first-order valence-electron chi connectivity index (χ1n) is 11.0. The topological polar surface area (TPSA) is 114 Å². The number of carbonyl (C=O) groups excluding carboxylic acids is 1. The summed E-state index contributed by atoms with van der Waals surface area (Å²) in [6, 6.07) is 9.85. The third-order valence-corrected chi connectivity index (χ3v) is 5.87. The molecule has 10 heteroatoms. The minimum Gasteiger partial charge on any atom is -0.378 e. The fraction of sp³-hybridized carbons (Fsp3) is 0.348. The summed E-state index contributed by atoms with van der Waals surface area (Å²) in [4.78, 5) is 36.9. The van der Waals surface area contributed by atoms with Gasteiger partial charge >= 0.3 is 6.03 Å². The maximum absolute atomic E-state index is 13.4. The normalized spacial score (nSPS) is 15.4. The maximum Gasteiger partial charge on any atom is 0.325 e. The number of aromatic nitrogens is 4. The largest absolute Gasteiger partial charge is 0.378 e. The highest BCUT2D eigenvalue weighted by atomic mass is 16.5. The van der Waals surface area contributed by atoms with Gasteiger partial charge in [-0.05, 0) is 12.0 Å². The van der Waals surface area contributed by atoms with Gasteiger partial charge in [-0.15, -0.1) is 0 Å². The van der Waals surface area contributed by atoms with Crippen LogP contribution < -0.4 is 15.5 Å². The molecule has 2 aromatic heterocycles. The summed E-state index contributed by atoms with van der Waals surface area (Å²) in [5, 5.41) is 0. The van der Waals surface area contributed by atoms with Crippen molar-refractivity contribution in [1.82, 2.24) is 24.8 Å². The van der Waals surface area contributed by atoms with Gasteiger partial charge < -0.3 is 20.3 Å². The van der Waals surface area contributed by atoms with Gasteiger partial charge in [0.05, 0.1) is 18.9 Å². The third kappa shape index (κ3) is 4.29. The van der Waals surface area contributed by atoms with Crippen molar-refractivity contribution in [1.29, 1.82) is 0 Å². The zero-order valence-electron chi connectivity index (χ0n) is 18.5. The van der Waals surface area contributed by atoms with E-state index >= 15 is 0 Å². The number of nitrogens with two attached hydrogens (primary N) is 1. The molecule has 1 fully saturated rings. The van der Waals surface area contributed by atoms with E-state index in [0.29, 0.717) is 57.6 Å². The van der Waals surface area contributed by atoms with Crippen LogP contribution in [-0.2, 0) is 17.7 Å². The average molecular weight is 447 g/mol. The molecule has 0 unspecified atom stereocenters. The van der Waals surface area contributed by atoms with Crippen LogP contribution in [0.15, 0.2) is 42.7 Å². The molecule has 3 aromatic rings. The standard InChI is InChI=1S/C23H26N8O2/c1-29(15-16-5-3-2-4-6-16)23(32)31-8-7-18-19(17-13-25-21(24)26-14-17)27-22(28-20(18)31)30-9-11-33-12-10-30/h2-6,13-14H,7-12,15H2,1H3,(H2,24,25,26). The summed E-state index contributed by atoms with van der Waals surface area (Å²) < 4.78 is 5.49. The summed E-state index contributed by atoms with van der Waals surface area (Å²) in [5.74, 6) is 1.43. The molecule has 1 saturated heterocycles. The van der Waals surface area contributed by atoms with E-state index in [-0.39, 0.29) is 12.0 Å². The lowest BCUT2D eigenvalue weighted by molar-refractivity contribution is 0.122. The third-order valence-electron chi connectivity index (χ3n) is 5.87. The first kappa shape index (κ1) is 21.1. The van der Waals surface area contributed by atoms with Gasteiger partial charge in [-0.25, -0.2) is 19.7 Å². The van der Waals surface area contributed by atoms with E-state index in [0.717, 1.165) is 22.4 Å². The van der Waals surface area contributed by atoms with E-state index in [9.17, 15) is 4.79 Å². The molecule has 170 valence electrons. The van der Waals surface area contributed by atoms with Crippen LogP contribution in [0.25, 0.3) is 11.3 Å². The van der Waals surface area contributed by atoms with Crippen molar-refractivity contribution in [3.63, 3.8) is 0 Å². The average Bonchev–Trinajstić information content (AvgIpc) is 3.29. The Morgan fingerprint density at radius 3 is 2.55 bits per heavy atom. The quantitative estimate of drug-likeness (QED) is 0.647. The summed E-state index contributed by atoms with van der Waals surface area (Å²) in [5.41, 5.74) is 9.17. The number of morpholine rings is 1. The van der Waals surface area contributed by atoms with Crippen molar-refractivity contribution in [2.75, 3.05) is 55.4 Å². The van der Waals surface area contributed by atoms with Gasteiger partial charge in [-0.2, -0.15) is 4.98 Å². The second-order valence-corrected chi connectivity index (χ2v) is 8.13. The molecule has 0 aliphatic carbocycles. The molecule has 0 spiro atoms. The number of ether oxygens (including phenoxy) is 1. The van der Waals surface area contributed by atoms with Gasteiger partial charge in [-0.3, -0.25) is 4.90 Å². The highest BCUT2D eigenvalue weighted by Crippen LogP contribution is 2.36. The maximum atomic E-state index is 13.4. The molecule has 2 amide bonds. The van der Waals surface area contributed by atoms with Crippen molar-refractivity contribution >= 4 is 23.7 Å². The number of fused-ring (bicyclic) bond motifs is 1. The molecular formula is C23H26N8O2. The van der Waals surface area contributed by atoms with Crippen molar-refractivity contribution < 1.29 is 9.53 Å². The van der Waals surface area contributed by atoms with Gasteiger partial charge in [0.15, 0.2) is 0 Å². The van der Waals surface area contributed by atoms with Gasteiger partial charge in [0, 0.05) is 56.7 Å². The number of amides is 2. The van der Waals surface area contributed by atoms with Crippen molar-refractivity contribution in [3.8, 4) is 11.3 Å². The Morgan fingerprint density at radius 1 is 1.09 bits per heavy atom. The Labute approximate surface area is 192 Å². The smallest absolute Gasteiger partial charge is 0.325 e. The monoisotopic (exact) mass is 446 g/mol. The number of carbonyl (C=O) groups is 1. The van der Waals surface area contributed by atoms with Gasteiger partial charge in [0.2, 0.25) is 11.9 Å². The molecule has 0 saturated carbocycles. The Morgan fingerprint density at radius 2 is 1.82 bits per heavy atom. The van der Waals surface area contributed by atoms with Crippen LogP contribution in [0.5, 0.6) is 0 Å². The Hall–Kier alpha value is -3.79. The number of nitrogens with zero attached hydrogens (tertiary/aromatic N) is 7. The van der Waals surface area contributed by atoms with E-state index in [2.05, 4.69) is 14.9 Å². The highest BCUT2D eigenvalue weighted by molar-refractivity contribution is 5.94. The van der Waals surface area contributed by atoms with E-state index in [1.54, 1.807) is 22.2 Å². The Bertz CT molecular complexity index is 1130. The van der Waals surface area contributed by atoms with E-state index in [4.69, 9.17) is 20.4 Å². The fourth-order valence-corrected chi connectivity index (χ4v) is 4.16. The van der Waals surface area contributed by atoms with Gasteiger partial charge in [-0.1, -0.05) is 30.3 Å². The molecule has 0 radical (unpaired) electrons. The van der Waals surface area contributed by atoms with Crippen LogP contribution >= 0.6 is 0 Å². The van der Waals surface area contributed by atoms with E-state index in [1.807, 2.05) is 37.4 Å². The first-order chi connectivity index (χ1) is 16.1. The minimum absolute atomic E-state index is 0.0938. The number of anilines is 3. The fourth-order valence-electron chi connectivity index (χ4n) is 4.16. The predicted octanol–water partition coefficient (Wildman–Crippen LogP) is 1.97. The lowest BCUT2D eigenvalue weighted by atomic mass is 10.1. The summed E-state index contributed by atoms with van der Waals surface area (Å²) in [6.07, 6.45) is 3.99. The van der Waals surface area contributed by atoms with Crippen molar-refractivity contribution in [2.24, 2.45) is 0 Å². The number of urea groups is 1. The summed E-state index contributed by atoms with van der Waals surface area (Å²) in [6.45, 7) is 3.67. The lowest BCUT2D eigenvalue weighted by Gasteiger charge is -2.29. The van der Waals surface area contributed by atoms with Crippen LogP contribution in [0.4, 0.5) is 22.5 Å². The zero-order chi connectivity index (χ0) is 22.8. The van der Waals surface area contributed by atoms with Gasteiger partial charge in [0.25, 0.3) is 0 Å². The molecule has 33 heavy (non-hydrogen) atoms. The molecule has 2 aliphatic rings. The van der Waals surface area contributed by atoms with E-state index in [1.165, 1.54) is 0 Å². The van der Waals surface area contributed by atoms with Crippen molar-refractivity contribution in [3.05, 3.63) is 53.9 Å². The molecule has 4 heterocycles. The van der Waals surface area contributed by atoms with Crippen LogP contribution in [0.2, 0.25) is 0 Å². The molecule has 10 nitrogen and oxygen atoms in total. The van der Waals surface area contributed by atoms with Crippen LogP contribution in [0.3, 0.4) is 0 Å². The number of hydrogen-bond acceptors (Lipinski definition) is 8. The first-order valence-corrected chi connectivity index (χ1v) is 11.0. The summed E-state index contributed by atoms with van der Waals surface area (Å²) >= 11 is 0. The van der Waals surface area contributed by atoms with Crippen LogP contribution in [0.1, 0.15) is 11.1 Å². The molecule has 0 bridgehead atoms. The molecule has 2 N–H and O–H groups in total. The molecule has 0 atom stereocenters. The SMILES string of the molecule is CN(Cc1ccccc1)C(=O)N1CCc2c(-c3cnc(N)nc3)nc(N3CCOCC3)nc21. The number of benzene rings is 1. The lowest BCUT2D eigenvalue weighted by Crippen LogP contribution is -2.41. The predicted molar refractivity (Wildman–Crippen MR) is 125 cm³/mol. The van der Waals surface area contributed by atoms with Crippen LogP contribution in [0, 0.1) is 0 Å². The second-order valence-electron chi connectivity index (χ2n) is 8.13. The highest BCUT2D eigenvalue weighted by Gasteiger charge is 2.33. The number of hydrogen-bond donors (Lipinski definition) is 1. The van der Waals surface area contributed by atoms with Gasteiger partial charge in [0.1, 0.15) is 5.82 Å². The zero-order valence-corrected chi connectivity index (χ0v) is 18.5. The van der Waals surface area contributed by atoms with E-state index < -0.39 is 0 Å². The van der Waals surface area contributed by atoms with Crippen molar-refractivity contribution in [2.45, 2.75) is 13.0 Å². The second kappa shape index (κ2) is 8.99. The van der Waals surface area contributed by atoms with Crippen LogP contribution in [-0.4, -0.2) is 70.8 Å². The number of rotatable bonds is 4. The molecule has 1 aromatic carbocycles. The summed E-state index contributed by atoms with van der Waals surface area (Å²) in [7, 11) is 1.81.